The van der Waals surface area contributed by atoms with Crippen LogP contribution in [0.2, 0.25) is 0 Å². The average molecular weight is 400 g/mol. The number of carbonyl (C=O) groups excluding carboxylic acids is 1. The van der Waals surface area contributed by atoms with Gasteiger partial charge in [0.15, 0.2) is 0 Å². The first kappa shape index (κ1) is 22.9. The van der Waals surface area contributed by atoms with Crippen molar-refractivity contribution in [1.29, 1.82) is 0 Å². The van der Waals surface area contributed by atoms with Crippen molar-refractivity contribution in [3.05, 3.63) is 66.3 Å². The van der Waals surface area contributed by atoms with Gasteiger partial charge in [0.05, 0.1) is 19.3 Å². The normalized spacial score (nSPS) is 16.9. The minimum absolute atomic E-state index is 0.136. The van der Waals surface area contributed by atoms with Gasteiger partial charge >= 0.3 is 0 Å². The molecule has 2 rings (SSSR count). The number of aliphatic hydroxyl groups excluding tert-OH is 2. The van der Waals surface area contributed by atoms with E-state index in [2.05, 4.69) is 0 Å². The Balaban J connectivity index is 1.60. The second kappa shape index (κ2) is 13.0. The number of carbonyl (C=O) groups is 1. The summed E-state index contributed by atoms with van der Waals surface area (Å²) >= 11 is 0. The summed E-state index contributed by atoms with van der Waals surface area (Å²) in [6.45, 7) is 1.71. The van der Waals surface area contributed by atoms with Crippen LogP contribution in [0.5, 0.6) is 5.75 Å². The topological polar surface area (TPSA) is 70.0 Å². The van der Waals surface area contributed by atoms with E-state index in [-0.39, 0.29) is 5.91 Å². The molecule has 1 aliphatic rings. The van der Waals surface area contributed by atoms with Gasteiger partial charge in [-0.15, -0.1) is 0 Å². The molecule has 1 saturated heterocycles. The second-order valence-electron chi connectivity index (χ2n) is 7.30. The van der Waals surface area contributed by atoms with E-state index in [0.29, 0.717) is 19.3 Å². The Hall–Kier alpha value is -2.37. The van der Waals surface area contributed by atoms with Gasteiger partial charge < -0.3 is 19.8 Å². The van der Waals surface area contributed by atoms with E-state index in [4.69, 9.17) is 4.74 Å². The van der Waals surface area contributed by atoms with Gasteiger partial charge in [0, 0.05) is 19.5 Å². The van der Waals surface area contributed by atoms with Crippen LogP contribution < -0.4 is 4.74 Å². The molecule has 5 heteroatoms. The van der Waals surface area contributed by atoms with Gasteiger partial charge in [-0.25, -0.2) is 0 Å². The number of aryl methyl sites for hydroxylation is 1. The molecule has 158 valence electrons. The second-order valence-corrected chi connectivity index (χ2v) is 7.30. The van der Waals surface area contributed by atoms with Crippen molar-refractivity contribution in [2.75, 3.05) is 20.2 Å². The lowest BCUT2D eigenvalue weighted by Crippen LogP contribution is -2.28. The lowest BCUT2D eigenvalue weighted by Gasteiger charge is -2.15. The van der Waals surface area contributed by atoms with Crippen molar-refractivity contribution in [3.8, 4) is 5.75 Å². The molecule has 5 nitrogen and oxygen atoms in total. The summed E-state index contributed by atoms with van der Waals surface area (Å²) < 4.78 is 5.13. The SMILES string of the molecule is COc1ccc(CCC(O)/C=C/C=C/C=C/C(O)CCC(=O)N2CCCC2)cc1. The van der Waals surface area contributed by atoms with Crippen molar-refractivity contribution in [2.24, 2.45) is 0 Å². The number of nitrogens with zero attached hydrogens (tertiary/aromatic N) is 1. The fourth-order valence-electron chi connectivity index (χ4n) is 3.21. The number of hydrogen-bond donors (Lipinski definition) is 2. The van der Waals surface area contributed by atoms with Crippen molar-refractivity contribution in [1.82, 2.24) is 4.90 Å². The number of ether oxygens (including phenoxy) is 1. The van der Waals surface area contributed by atoms with Gasteiger partial charge in [-0.1, -0.05) is 48.6 Å². The summed E-state index contributed by atoms with van der Waals surface area (Å²) in [5, 5.41) is 20.0. The van der Waals surface area contributed by atoms with Crippen molar-refractivity contribution in [2.45, 2.75) is 50.7 Å². The molecule has 0 aliphatic carbocycles. The summed E-state index contributed by atoms with van der Waals surface area (Å²) in [6.07, 6.45) is 13.9. The standard InChI is InChI=1S/C24H33NO4/c1-29-23-15-11-20(12-16-23)10-13-21(26)8-4-2-3-5-9-22(27)14-17-24(28)25-18-6-7-19-25/h2-5,8-9,11-12,15-16,21-22,26-27H,6-7,10,13-14,17-19H2,1H3/b3-2+,8-4+,9-5+. The monoisotopic (exact) mass is 399 g/mol. The van der Waals surface area contributed by atoms with Crippen LogP contribution in [0.15, 0.2) is 60.7 Å². The zero-order valence-corrected chi connectivity index (χ0v) is 17.2. The largest absolute Gasteiger partial charge is 0.497 e. The Labute approximate surface area is 174 Å². The Bertz CT molecular complexity index is 687. The molecule has 0 spiro atoms. The summed E-state index contributed by atoms with van der Waals surface area (Å²) in [7, 11) is 1.64. The molecule has 29 heavy (non-hydrogen) atoms. The van der Waals surface area contributed by atoms with E-state index in [1.165, 1.54) is 0 Å². The molecule has 1 aliphatic heterocycles. The minimum Gasteiger partial charge on any atom is -0.497 e. The molecule has 0 radical (unpaired) electrons. The Kier molecular flexibility index (Phi) is 10.2. The van der Waals surface area contributed by atoms with Crippen LogP contribution in [0.1, 0.15) is 37.7 Å². The third kappa shape index (κ3) is 9.11. The van der Waals surface area contributed by atoms with E-state index in [0.717, 1.165) is 43.7 Å². The molecule has 1 amide bonds. The third-order valence-corrected chi connectivity index (χ3v) is 5.00. The van der Waals surface area contributed by atoms with Crippen LogP contribution in [-0.4, -0.2) is 53.4 Å². The summed E-state index contributed by atoms with van der Waals surface area (Å²) in [6, 6.07) is 7.85. The van der Waals surface area contributed by atoms with Gasteiger partial charge in [-0.3, -0.25) is 4.79 Å². The van der Waals surface area contributed by atoms with E-state index < -0.39 is 12.2 Å². The van der Waals surface area contributed by atoms with Gasteiger partial charge in [0.25, 0.3) is 0 Å². The van der Waals surface area contributed by atoms with Crippen LogP contribution in [0.25, 0.3) is 0 Å². The molecule has 1 aromatic carbocycles. The Morgan fingerprint density at radius 1 is 1.00 bits per heavy atom. The van der Waals surface area contributed by atoms with E-state index in [1.807, 2.05) is 35.2 Å². The fraction of sp³-hybridized carbons (Fsp3) is 0.458. The molecular weight excluding hydrogens is 366 g/mol. The van der Waals surface area contributed by atoms with Crippen molar-refractivity contribution >= 4 is 5.91 Å². The molecule has 0 bridgehead atoms. The number of hydrogen-bond acceptors (Lipinski definition) is 4. The summed E-state index contributed by atoms with van der Waals surface area (Å²) in [5.41, 5.74) is 1.16. The molecule has 2 unspecified atom stereocenters. The molecule has 1 heterocycles. The van der Waals surface area contributed by atoms with Gasteiger partial charge in [-0.2, -0.15) is 0 Å². The van der Waals surface area contributed by atoms with Crippen LogP contribution in [-0.2, 0) is 11.2 Å². The van der Waals surface area contributed by atoms with Crippen LogP contribution in [0, 0.1) is 0 Å². The Morgan fingerprint density at radius 3 is 2.17 bits per heavy atom. The average Bonchev–Trinajstić information content (AvgIpc) is 3.28. The lowest BCUT2D eigenvalue weighted by molar-refractivity contribution is -0.130. The maximum absolute atomic E-state index is 11.9. The highest BCUT2D eigenvalue weighted by Crippen LogP contribution is 2.14. The molecule has 0 aromatic heterocycles. The van der Waals surface area contributed by atoms with Crippen LogP contribution >= 0.6 is 0 Å². The maximum Gasteiger partial charge on any atom is 0.222 e. The molecule has 2 N–H and O–H groups in total. The van der Waals surface area contributed by atoms with Crippen LogP contribution in [0.3, 0.4) is 0 Å². The number of allylic oxidation sites excluding steroid dienone is 4. The number of rotatable bonds is 11. The first-order chi connectivity index (χ1) is 14.1. The van der Waals surface area contributed by atoms with Gasteiger partial charge in [0.2, 0.25) is 5.91 Å². The number of methoxy groups -OCH3 is 1. The smallest absolute Gasteiger partial charge is 0.222 e. The number of aliphatic hydroxyl groups is 2. The number of benzene rings is 1. The first-order valence-corrected chi connectivity index (χ1v) is 10.4. The third-order valence-electron chi connectivity index (χ3n) is 5.00. The fourth-order valence-corrected chi connectivity index (χ4v) is 3.21. The molecule has 1 fully saturated rings. The quantitative estimate of drug-likeness (QED) is 0.560. The zero-order valence-electron chi connectivity index (χ0n) is 17.2. The summed E-state index contributed by atoms with van der Waals surface area (Å²) in [5.74, 6) is 0.966. The molecule has 1 aromatic rings. The Morgan fingerprint density at radius 2 is 1.59 bits per heavy atom. The molecule has 2 atom stereocenters. The lowest BCUT2D eigenvalue weighted by atomic mass is 10.1. The number of likely N-dealkylation sites (tertiary alicyclic amines) is 1. The number of amides is 1. The van der Waals surface area contributed by atoms with Crippen LogP contribution in [0.4, 0.5) is 0 Å². The predicted octanol–water partition coefficient (Wildman–Crippen LogP) is 3.42. The van der Waals surface area contributed by atoms with E-state index >= 15 is 0 Å². The van der Waals surface area contributed by atoms with Crippen molar-refractivity contribution < 1.29 is 19.7 Å². The van der Waals surface area contributed by atoms with E-state index in [1.54, 1.807) is 37.5 Å². The molecule has 0 saturated carbocycles. The summed E-state index contributed by atoms with van der Waals surface area (Å²) in [4.78, 5) is 13.8. The van der Waals surface area contributed by atoms with Gasteiger partial charge in [-0.05, 0) is 49.8 Å². The highest BCUT2D eigenvalue weighted by molar-refractivity contribution is 5.76. The highest BCUT2D eigenvalue weighted by atomic mass is 16.5. The van der Waals surface area contributed by atoms with E-state index in [9.17, 15) is 15.0 Å². The predicted molar refractivity (Wildman–Crippen MR) is 116 cm³/mol. The minimum atomic E-state index is -0.620. The highest BCUT2D eigenvalue weighted by Gasteiger charge is 2.17. The maximum atomic E-state index is 11.9. The molecular formula is C24H33NO4. The van der Waals surface area contributed by atoms with Gasteiger partial charge in [0.1, 0.15) is 5.75 Å². The zero-order chi connectivity index (χ0) is 20.9. The first-order valence-electron chi connectivity index (χ1n) is 10.4. The van der Waals surface area contributed by atoms with Crippen molar-refractivity contribution in [3.63, 3.8) is 0 Å².